The molecule has 0 saturated heterocycles. The van der Waals surface area contributed by atoms with E-state index in [4.69, 9.17) is 10.5 Å². The van der Waals surface area contributed by atoms with Crippen LogP contribution in [0.4, 0.5) is 0 Å². The average molecular weight is 292 g/mol. The third-order valence-corrected chi connectivity index (χ3v) is 3.13. The van der Waals surface area contributed by atoms with Gasteiger partial charge in [0.15, 0.2) is 0 Å². The number of esters is 1. The van der Waals surface area contributed by atoms with Crippen molar-refractivity contribution in [2.75, 3.05) is 13.2 Å². The number of nitrogens with zero attached hydrogens (tertiary/aromatic N) is 1. The number of nitrogens with two attached hydrogens (primary N) is 1. The van der Waals surface area contributed by atoms with Crippen LogP contribution in [0.25, 0.3) is 0 Å². The molecule has 0 aliphatic carbocycles. The van der Waals surface area contributed by atoms with Gasteiger partial charge in [0, 0.05) is 6.04 Å². The molecule has 2 N–H and O–H groups in total. The molecule has 0 saturated carbocycles. The summed E-state index contributed by atoms with van der Waals surface area (Å²) in [5.74, 6) is -0.645. The van der Waals surface area contributed by atoms with Gasteiger partial charge < -0.3 is 15.4 Å². The van der Waals surface area contributed by atoms with Crippen LogP contribution in [0.15, 0.2) is 30.3 Å². The molecule has 0 aromatic heterocycles. The number of amides is 1. The molecular weight excluding hydrogens is 268 g/mol. The minimum absolute atomic E-state index is 0.0627. The van der Waals surface area contributed by atoms with Crippen molar-refractivity contribution in [3.63, 3.8) is 0 Å². The van der Waals surface area contributed by atoms with E-state index in [2.05, 4.69) is 0 Å². The van der Waals surface area contributed by atoms with Crippen LogP contribution in [-0.2, 0) is 20.7 Å². The summed E-state index contributed by atoms with van der Waals surface area (Å²) in [6.07, 6.45) is 0.450. The van der Waals surface area contributed by atoms with E-state index in [9.17, 15) is 9.59 Å². The first-order valence-electron chi connectivity index (χ1n) is 7.21. The van der Waals surface area contributed by atoms with Crippen LogP contribution in [-0.4, -0.2) is 42.0 Å². The van der Waals surface area contributed by atoms with Crippen molar-refractivity contribution in [3.8, 4) is 0 Å². The van der Waals surface area contributed by atoms with Gasteiger partial charge in [-0.2, -0.15) is 0 Å². The molecule has 0 fully saturated rings. The molecule has 1 amide bonds. The molecule has 0 spiro atoms. The van der Waals surface area contributed by atoms with Crippen LogP contribution in [0.3, 0.4) is 0 Å². The van der Waals surface area contributed by atoms with Gasteiger partial charge in [0.25, 0.3) is 0 Å². The molecule has 0 aliphatic heterocycles. The van der Waals surface area contributed by atoms with E-state index < -0.39 is 12.0 Å². The monoisotopic (exact) mass is 292 g/mol. The Hall–Kier alpha value is -1.88. The first-order valence-corrected chi connectivity index (χ1v) is 7.21. The number of rotatable bonds is 7. The highest BCUT2D eigenvalue weighted by Gasteiger charge is 2.25. The second-order valence-corrected chi connectivity index (χ2v) is 5.16. The van der Waals surface area contributed by atoms with Gasteiger partial charge in [0.05, 0.1) is 12.6 Å². The maximum atomic E-state index is 12.4. The van der Waals surface area contributed by atoms with Gasteiger partial charge in [-0.1, -0.05) is 30.3 Å². The van der Waals surface area contributed by atoms with Gasteiger partial charge in [-0.3, -0.25) is 9.59 Å². The molecule has 21 heavy (non-hydrogen) atoms. The molecular formula is C16H24N2O3. The third kappa shape index (κ3) is 5.55. The smallest absolute Gasteiger partial charge is 0.325 e. The van der Waals surface area contributed by atoms with Gasteiger partial charge in [-0.25, -0.2) is 0 Å². The zero-order valence-corrected chi connectivity index (χ0v) is 12.9. The number of hydrogen-bond acceptors (Lipinski definition) is 4. The second-order valence-electron chi connectivity index (χ2n) is 5.16. The maximum absolute atomic E-state index is 12.4. The van der Waals surface area contributed by atoms with Crippen molar-refractivity contribution in [1.29, 1.82) is 0 Å². The number of benzene rings is 1. The van der Waals surface area contributed by atoms with E-state index in [1.807, 2.05) is 44.2 Å². The normalized spacial score (nSPS) is 12.0. The van der Waals surface area contributed by atoms with E-state index in [0.29, 0.717) is 13.0 Å². The Bertz CT molecular complexity index is 460. The highest BCUT2D eigenvalue weighted by molar-refractivity contribution is 5.86. The average Bonchev–Trinajstić information content (AvgIpc) is 2.45. The highest BCUT2D eigenvalue weighted by Crippen LogP contribution is 2.07. The Balaban J connectivity index is 2.69. The summed E-state index contributed by atoms with van der Waals surface area (Å²) in [5, 5.41) is 0. The highest BCUT2D eigenvalue weighted by atomic mass is 16.5. The minimum atomic E-state index is -0.663. The molecule has 1 aromatic rings. The van der Waals surface area contributed by atoms with E-state index in [0.717, 1.165) is 5.56 Å². The lowest BCUT2D eigenvalue weighted by Gasteiger charge is -2.28. The van der Waals surface area contributed by atoms with E-state index in [1.54, 1.807) is 6.92 Å². The topological polar surface area (TPSA) is 72.6 Å². The summed E-state index contributed by atoms with van der Waals surface area (Å²) in [5.41, 5.74) is 6.99. The fourth-order valence-corrected chi connectivity index (χ4v) is 2.03. The summed E-state index contributed by atoms with van der Waals surface area (Å²) in [6, 6.07) is 8.82. The van der Waals surface area contributed by atoms with Crippen molar-refractivity contribution >= 4 is 11.9 Å². The predicted molar refractivity (Wildman–Crippen MR) is 81.6 cm³/mol. The quantitative estimate of drug-likeness (QED) is 0.770. The first-order chi connectivity index (χ1) is 9.95. The maximum Gasteiger partial charge on any atom is 0.325 e. The molecule has 5 nitrogen and oxygen atoms in total. The zero-order valence-electron chi connectivity index (χ0n) is 12.9. The van der Waals surface area contributed by atoms with Crippen LogP contribution in [0.2, 0.25) is 0 Å². The van der Waals surface area contributed by atoms with Crippen LogP contribution in [0.1, 0.15) is 26.3 Å². The van der Waals surface area contributed by atoms with Crippen LogP contribution in [0.5, 0.6) is 0 Å². The summed E-state index contributed by atoms with van der Waals surface area (Å²) >= 11 is 0. The number of ether oxygens (including phenoxy) is 1. The van der Waals surface area contributed by atoms with Gasteiger partial charge in [-0.15, -0.1) is 0 Å². The molecule has 0 aliphatic rings. The third-order valence-electron chi connectivity index (χ3n) is 3.13. The summed E-state index contributed by atoms with van der Waals surface area (Å²) in [7, 11) is 0. The lowest BCUT2D eigenvalue weighted by molar-refractivity contribution is -0.150. The van der Waals surface area contributed by atoms with Gasteiger partial charge in [0.2, 0.25) is 5.91 Å². The zero-order chi connectivity index (χ0) is 15.8. The largest absolute Gasteiger partial charge is 0.465 e. The second kappa shape index (κ2) is 8.42. The molecule has 1 aromatic carbocycles. The Morgan fingerprint density at radius 1 is 1.24 bits per heavy atom. The molecule has 0 unspecified atom stereocenters. The standard InChI is InChI=1S/C16H24N2O3/c1-4-21-15(19)11-18(12(2)3)16(20)14(17)10-13-8-6-5-7-9-13/h5-9,12,14H,4,10-11,17H2,1-3H3/t14-/m0/s1. The van der Waals surface area contributed by atoms with Crippen molar-refractivity contribution in [3.05, 3.63) is 35.9 Å². The van der Waals surface area contributed by atoms with E-state index >= 15 is 0 Å². The van der Waals surface area contributed by atoms with Crippen LogP contribution < -0.4 is 5.73 Å². The number of hydrogen-bond donors (Lipinski definition) is 1. The molecule has 1 atom stereocenters. The fourth-order valence-electron chi connectivity index (χ4n) is 2.03. The fraction of sp³-hybridized carbons (Fsp3) is 0.500. The van der Waals surface area contributed by atoms with Gasteiger partial charge in [-0.05, 0) is 32.8 Å². The van der Waals surface area contributed by atoms with Crippen molar-refractivity contribution in [2.24, 2.45) is 5.73 Å². The summed E-state index contributed by atoms with van der Waals surface area (Å²) < 4.78 is 4.90. The van der Waals surface area contributed by atoms with E-state index in [1.165, 1.54) is 4.90 Å². The number of carbonyl (C=O) groups is 2. The summed E-state index contributed by atoms with van der Waals surface area (Å²) in [6.45, 7) is 5.68. The van der Waals surface area contributed by atoms with Crippen molar-refractivity contribution in [2.45, 2.75) is 39.3 Å². The van der Waals surface area contributed by atoms with Crippen molar-refractivity contribution in [1.82, 2.24) is 4.90 Å². The summed E-state index contributed by atoms with van der Waals surface area (Å²) in [4.78, 5) is 25.5. The lowest BCUT2D eigenvalue weighted by Crippen LogP contribution is -2.50. The molecule has 0 bridgehead atoms. The predicted octanol–water partition coefficient (Wildman–Crippen LogP) is 1.36. The van der Waals surface area contributed by atoms with Crippen LogP contribution in [0, 0.1) is 0 Å². The van der Waals surface area contributed by atoms with Crippen molar-refractivity contribution < 1.29 is 14.3 Å². The Morgan fingerprint density at radius 2 is 1.86 bits per heavy atom. The van der Waals surface area contributed by atoms with Gasteiger partial charge >= 0.3 is 5.97 Å². The Kier molecular flexibility index (Phi) is 6.88. The number of carbonyl (C=O) groups excluding carboxylic acids is 2. The molecule has 116 valence electrons. The molecule has 1 rings (SSSR count). The lowest BCUT2D eigenvalue weighted by atomic mass is 10.1. The SMILES string of the molecule is CCOC(=O)CN(C(=O)[C@@H](N)Cc1ccccc1)C(C)C. The van der Waals surface area contributed by atoms with E-state index in [-0.39, 0.29) is 18.5 Å². The Labute approximate surface area is 126 Å². The molecule has 5 heteroatoms. The molecule has 0 radical (unpaired) electrons. The minimum Gasteiger partial charge on any atom is -0.465 e. The Morgan fingerprint density at radius 3 is 2.38 bits per heavy atom. The van der Waals surface area contributed by atoms with Gasteiger partial charge in [0.1, 0.15) is 6.54 Å². The van der Waals surface area contributed by atoms with Crippen LogP contribution >= 0.6 is 0 Å². The first kappa shape index (κ1) is 17.2. The molecule has 0 heterocycles.